The highest BCUT2D eigenvalue weighted by atomic mass is 35.5. The van der Waals surface area contributed by atoms with Crippen LogP contribution in [-0.4, -0.2) is 30.6 Å². The van der Waals surface area contributed by atoms with E-state index in [4.69, 9.17) is 11.6 Å². The second kappa shape index (κ2) is 10.6. The molecule has 2 heterocycles. The maximum absolute atomic E-state index is 13.4. The van der Waals surface area contributed by atoms with Gasteiger partial charge in [0.1, 0.15) is 5.82 Å². The Hall–Kier alpha value is -2.96. The van der Waals surface area contributed by atoms with Gasteiger partial charge in [-0.15, -0.1) is 0 Å². The fourth-order valence-corrected chi connectivity index (χ4v) is 4.39. The molecule has 1 aliphatic rings. The van der Waals surface area contributed by atoms with Crippen LogP contribution in [0.2, 0.25) is 5.02 Å². The van der Waals surface area contributed by atoms with Crippen LogP contribution in [0, 0.1) is 11.7 Å². The third-order valence-electron chi connectivity index (χ3n) is 5.95. The van der Waals surface area contributed by atoms with Crippen molar-refractivity contribution in [1.82, 2.24) is 15.6 Å². The van der Waals surface area contributed by atoms with Gasteiger partial charge in [0.05, 0.1) is 5.02 Å². The first-order chi connectivity index (χ1) is 15.6. The molecule has 1 unspecified atom stereocenters. The van der Waals surface area contributed by atoms with E-state index in [1.807, 2.05) is 18.3 Å². The molecule has 1 atom stereocenters. The number of halogens is 2. The minimum atomic E-state index is -0.515. The zero-order valence-electron chi connectivity index (χ0n) is 17.7. The number of nitrogens with zero attached hydrogens (tertiary/aromatic N) is 1. The topological polar surface area (TPSA) is 66.0 Å². The van der Waals surface area contributed by atoms with Gasteiger partial charge >= 0.3 is 6.03 Å². The third kappa shape index (κ3) is 5.64. The van der Waals surface area contributed by atoms with Crippen molar-refractivity contribution >= 4 is 23.3 Å². The van der Waals surface area contributed by atoms with Crippen molar-refractivity contribution in [3.8, 4) is 11.1 Å². The van der Waals surface area contributed by atoms with Gasteiger partial charge in [-0.05, 0) is 72.8 Å². The quantitative estimate of drug-likeness (QED) is 0.466. The Morgan fingerprint density at radius 3 is 2.59 bits per heavy atom. The lowest BCUT2D eigenvalue weighted by Gasteiger charge is -2.31. The summed E-state index contributed by atoms with van der Waals surface area (Å²) in [6.07, 6.45) is 5.74. The lowest BCUT2D eigenvalue weighted by atomic mass is 9.80. The molecule has 3 N–H and O–H groups in total. The summed E-state index contributed by atoms with van der Waals surface area (Å²) in [5.41, 5.74) is 3.85. The number of hydrogen-bond donors (Lipinski definition) is 3. The smallest absolute Gasteiger partial charge is 0.319 e. The van der Waals surface area contributed by atoms with Crippen LogP contribution in [0.4, 0.5) is 14.9 Å². The van der Waals surface area contributed by atoms with Crippen molar-refractivity contribution in [3.05, 3.63) is 83.4 Å². The zero-order valence-corrected chi connectivity index (χ0v) is 18.4. The molecule has 0 aliphatic carbocycles. The maximum Gasteiger partial charge on any atom is 0.319 e. The van der Waals surface area contributed by atoms with E-state index in [0.717, 1.165) is 37.1 Å². The van der Waals surface area contributed by atoms with Gasteiger partial charge in [-0.2, -0.15) is 0 Å². The average molecular weight is 453 g/mol. The summed E-state index contributed by atoms with van der Waals surface area (Å²) in [4.78, 5) is 16.7. The van der Waals surface area contributed by atoms with Crippen molar-refractivity contribution in [3.63, 3.8) is 0 Å². The Morgan fingerprint density at radius 2 is 1.91 bits per heavy atom. The number of urea groups is 1. The molecule has 1 aliphatic heterocycles. The molecule has 1 fully saturated rings. The van der Waals surface area contributed by atoms with E-state index < -0.39 is 5.82 Å². The average Bonchev–Trinajstić information content (AvgIpc) is 2.83. The van der Waals surface area contributed by atoms with Crippen molar-refractivity contribution < 1.29 is 9.18 Å². The van der Waals surface area contributed by atoms with Crippen LogP contribution in [0.1, 0.15) is 24.3 Å². The highest BCUT2D eigenvalue weighted by Gasteiger charge is 2.25. The van der Waals surface area contributed by atoms with Gasteiger partial charge in [-0.25, -0.2) is 9.18 Å². The summed E-state index contributed by atoms with van der Waals surface area (Å²) in [7, 11) is 0. The fourth-order valence-electron chi connectivity index (χ4n) is 4.21. The number of pyridine rings is 1. The number of rotatable bonds is 6. The van der Waals surface area contributed by atoms with Crippen LogP contribution < -0.4 is 16.0 Å². The number of nitrogens with one attached hydrogen (secondary N) is 3. The van der Waals surface area contributed by atoms with Crippen LogP contribution >= 0.6 is 11.6 Å². The molecule has 166 valence electrons. The molecule has 5 nitrogen and oxygen atoms in total. The van der Waals surface area contributed by atoms with Gasteiger partial charge in [-0.1, -0.05) is 41.9 Å². The molecule has 1 aromatic heterocycles. The number of anilines is 1. The van der Waals surface area contributed by atoms with Gasteiger partial charge in [-0.3, -0.25) is 4.98 Å². The van der Waals surface area contributed by atoms with Gasteiger partial charge in [0.15, 0.2) is 0 Å². The molecule has 4 rings (SSSR count). The molecule has 2 aromatic carbocycles. The Morgan fingerprint density at radius 1 is 1.12 bits per heavy atom. The monoisotopic (exact) mass is 452 g/mol. The lowest BCUT2D eigenvalue weighted by molar-refractivity contribution is 0.247. The first-order valence-electron chi connectivity index (χ1n) is 10.8. The Bertz CT molecular complexity index is 1040. The molecule has 2 amide bonds. The second-order valence-corrected chi connectivity index (χ2v) is 8.43. The van der Waals surface area contributed by atoms with Crippen LogP contribution in [-0.2, 0) is 0 Å². The van der Waals surface area contributed by atoms with Crippen molar-refractivity contribution in [2.45, 2.75) is 18.8 Å². The normalized spacial score (nSPS) is 15.2. The van der Waals surface area contributed by atoms with Crippen molar-refractivity contribution in [2.75, 3.05) is 25.0 Å². The van der Waals surface area contributed by atoms with E-state index in [1.54, 1.807) is 6.20 Å². The van der Waals surface area contributed by atoms with Gasteiger partial charge in [0, 0.05) is 30.5 Å². The largest absolute Gasteiger partial charge is 0.337 e. The summed E-state index contributed by atoms with van der Waals surface area (Å²) >= 11 is 5.81. The number of amides is 2. The molecule has 0 bridgehead atoms. The Balaban J connectivity index is 1.45. The summed E-state index contributed by atoms with van der Waals surface area (Å²) in [5.74, 6) is 0.155. The minimum Gasteiger partial charge on any atom is -0.337 e. The van der Waals surface area contributed by atoms with E-state index in [1.165, 1.54) is 23.8 Å². The molecule has 32 heavy (non-hydrogen) atoms. The summed E-state index contributed by atoms with van der Waals surface area (Å²) in [5, 5.41) is 9.11. The molecule has 0 radical (unpaired) electrons. The number of carbonyl (C=O) groups is 1. The molecule has 0 spiro atoms. The van der Waals surface area contributed by atoms with Gasteiger partial charge in [0.25, 0.3) is 0 Å². The minimum absolute atomic E-state index is 0.0240. The Kier molecular flexibility index (Phi) is 7.35. The van der Waals surface area contributed by atoms with E-state index in [0.29, 0.717) is 18.2 Å². The number of benzene rings is 2. The van der Waals surface area contributed by atoms with E-state index in [-0.39, 0.29) is 17.0 Å². The SMILES string of the molecule is O=C(NCC(c1ccc(-c2cccnc2)cc1)C1CCNCC1)Nc1ccc(F)c(Cl)c1. The third-order valence-corrected chi connectivity index (χ3v) is 6.24. The van der Waals surface area contributed by atoms with Crippen LogP contribution in [0.5, 0.6) is 0 Å². The van der Waals surface area contributed by atoms with E-state index in [9.17, 15) is 9.18 Å². The molecular formula is C25H26ClFN4O. The molecule has 0 saturated carbocycles. The standard InChI is InChI=1S/C25H26ClFN4O/c26-23-14-21(7-8-24(23)27)31-25(32)30-16-22(19-9-12-28-13-10-19)18-5-3-17(4-6-18)20-2-1-11-29-15-20/h1-8,11,14-15,19,22,28H,9-10,12-13,16H2,(H2,30,31,32). The number of aromatic nitrogens is 1. The van der Waals surface area contributed by atoms with Gasteiger partial charge < -0.3 is 16.0 Å². The number of piperidine rings is 1. The van der Waals surface area contributed by atoms with Gasteiger partial charge in [0.2, 0.25) is 0 Å². The van der Waals surface area contributed by atoms with E-state index >= 15 is 0 Å². The number of carbonyl (C=O) groups excluding carboxylic acids is 1. The second-order valence-electron chi connectivity index (χ2n) is 8.02. The fraction of sp³-hybridized carbons (Fsp3) is 0.280. The molecule has 7 heteroatoms. The molecular weight excluding hydrogens is 427 g/mol. The number of hydrogen-bond acceptors (Lipinski definition) is 3. The van der Waals surface area contributed by atoms with Crippen LogP contribution in [0.15, 0.2) is 67.0 Å². The highest BCUT2D eigenvalue weighted by molar-refractivity contribution is 6.31. The van der Waals surface area contributed by atoms with E-state index in [2.05, 4.69) is 45.2 Å². The van der Waals surface area contributed by atoms with Crippen molar-refractivity contribution in [1.29, 1.82) is 0 Å². The maximum atomic E-state index is 13.4. The Labute approximate surface area is 192 Å². The zero-order chi connectivity index (χ0) is 22.3. The first kappa shape index (κ1) is 22.2. The lowest BCUT2D eigenvalue weighted by Crippen LogP contribution is -2.38. The predicted octanol–water partition coefficient (Wildman–Crippen LogP) is 5.45. The molecule has 3 aromatic rings. The van der Waals surface area contributed by atoms with Crippen molar-refractivity contribution in [2.24, 2.45) is 5.92 Å². The summed E-state index contributed by atoms with van der Waals surface area (Å²) in [6.45, 7) is 2.47. The molecule has 1 saturated heterocycles. The summed E-state index contributed by atoms with van der Waals surface area (Å²) in [6, 6.07) is 16.3. The highest BCUT2D eigenvalue weighted by Crippen LogP contribution is 2.32. The van der Waals surface area contributed by atoms with Crippen LogP contribution in [0.25, 0.3) is 11.1 Å². The predicted molar refractivity (Wildman–Crippen MR) is 126 cm³/mol. The summed E-state index contributed by atoms with van der Waals surface area (Å²) < 4.78 is 13.4. The van der Waals surface area contributed by atoms with Crippen LogP contribution in [0.3, 0.4) is 0 Å². The first-order valence-corrected chi connectivity index (χ1v) is 11.2.